The van der Waals surface area contributed by atoms with Gasteiger partial charge in [-0.05, 0) is 67.3 Å². The lowest BCUT2D eigenvalue weighted by molar-refractivity contribution is -0.162. The molecule has 3 aromatic carbocycles. The summed E-state index contributed by atoms with van der Waals surface area (Å²) < 4.78 is 10.7. The summed E-state index contributed by atoms with van der Waals surface area (Å²) in [4.78, 5) is 44.3. The van der Waals surface area contributed by atoms with Crippen LogP contribution in [0.5, 0.6) is 5.75 Å². The number of methoxy groups -OCH3 is 1. The summed E-state index contributed by atoms with van der Waals surface area (Å²) in [6.45, 7) is 3.40. The SMILES string of the molecule is COc1cccc(CN2C(=O)[C@H](CCCCNC(=O)OCc3ccccc3)NC(=O)C23CCN(CCc2ccccc2)CC3)c1. The molecule has 2 saturated heterocycles. The molecule has 0 radical (unpaired) electrons. The van der Waals surface area contributed by atoms with Gasteiger partial charge in [0, 0.05) is 32.7 Å². The zero-order valence-electron chi connectivity index (χ0n) is 26.1. The zero-order chi connectivity index (χ0) is 31.5. The number of amides is 3. The van der Waals surface area contributed by atoms with Crippen molar-refractivity contribution in [3.05, 3.63) is 102 Å². The number of piperazine rings is 1. The summed E-state index contributed by atoms with van der Waals surface area (Å²) in [5.74, 6) is 0.600. The predicted octanol–water partition coefficient (Wildman–Crippen LogP) is 4.70. The molecule has 3 aromatic rings. The summed E-state index contributed by atoms with van der Waals surface area (Å²) in [7, 11) is 1.62. The topological polar surface area (TPSA) is 100 Å². The van der Waals surface area contributed by atoms with Gasteiger partial charge in [0.15, 0.2) is 0 Å². The number of carbonyl (C=O) groups is 3. The smallest absolute Gasteiger partial charge is 0.407 e. The second-order valence-corrected chi connectivity index (χ2v) is 11.9. The van der Waals surface area contributed by atoms with Gasteiger partial charge in [0.2, 0.25) is 11.8 Å². The number of ether oxygens (including phenoxy) is 2. The van der Waals surface area contributed by atoms with Crippen LogP contribution in [-0.2, 0) is 33.9 Å². The molecule has 45 heavy (non-hydrogen) atoms. The number of hydrogen-bond donors (Lipinski definition) is 2. The Bertz CT molecular complexity index is 1410. The Kier molecular flexibility index (Phi) is 11.1. The van der Waals surface area contributed by atoms with Gasteiger partial charge >= 0.3 is 6.09 Å². The molecule has 2 aliphatic rings. The number of unbranched alkanes of at least 4 members (excludes halogenated alkanes) is 1. The van der Waals surface area contributed by atoms with Crippen LogP contribution in [0.3, 0.4) is 0 Å². The highest BCUT2D eigenvalue weighted by Crippen LogP contribution is 2.35. The number of nitrogens with zero attached hydrogens (tertiary/aromatic N) is 2. The zero-order valence-corrected chi connectivity index (χ0v) is 26.1. The van der Waals surface area contributed by atoms with Gasteiger partial charge in [-0.1, -0.05) is 72.8 Å². The van der Waals surface area contributed by atoms with Gasteiger partial charge < -0.3 is 29.9 Å². The van der Waals surface area contributed by atoms with Crippen LogP contribution < -0.4 is 15.4 Å². The van der Waals surface area contributed by atoms with Crippen molar-refractivity contribution in [2.75, 3.05) is 33.3 Å². The molecule has 2 aliphatic heterocycles. The van der Waals surface area contributed by atoms with E-state index >= 15 is 0 Å². The number of rotatable bonds is 13. The minimum Gasteiger partial charge on any atom is -0.497 e. The number of nitrogens with one attached hydrogen (secondary N) is 2. The molecule has 0 bridgehead atoms. The number of benzene rings is 3. The standard InChI is InChI=1S/C36H44N4O5/c1-44-31-16-10-15-30(25-31)26-40-33(41)32(17-8-9-21-37-35(43)45-27-29-13-6-3-7-14-29)38-34(42)36(40)19-23-39(24-20-36)22-18-28-11-4-2-5-12-28/h2-7,10-16,25,32H,8-9,17-24,26-27H2,1H3,(H,37,43)(H,38,42)/t32-/m0/s1. The minimum atomic E-state index is -0.885. The first-order valence-corrected chi connectivity index (χ1v) is 15.9. The third-order valence-corrected chi connectivity index (χ3v) is 8.93. The molecule has 0 aromatic heterocycles. The second-order valence-electron chi connectivity index (χ2n) is 11.9. The van der Waals surface area contributed by atoms with Gasteiger partial charge in [-0.3, -0.25) is 9.59 Å². The quantitative estimate of drug-likeness (QED) is 0.272. The summed E-state index contributed by atoms with van der Waals surface area (Å²) in [5, 5.41) is 5.86. The first-order chi connectivity index (χ1) is 22.0. The van der Waals surface area contributed by atoms with Crippen molar-refractivity contribution in [2.24, 2.45) is 0 Å². The van der Waals surface area contributed by atoms with Gasteiger partial charge in [-0.2, -0.15) is 0 Å². The molecule has 5 rings (SSSR count). The van der Waals surface area contributed by atoms with Gasteiger partial charge in [0.1, 0.15) is 23.9 Å². The van der Waals surface area contributed by atoms with Crippen LogP contribution in [0, 0.1) is 0 Å². The lowest BCUT2D eigenvalue weighted by Crippen LogP contribution is -2.72. The van der Waals surface area contributed by atoms with Crippen LogP contribution in [0.2, 0.25) is 0 Å². The van der Waals surface area contributed by atoms with Gasteiger partial charge in [-0.25, -0.2) is 4.79 Å². The minimum absolute atomic E-state index is 0.0506. The van der Waals surface area contributed by atoms with Crippen LogP contribution in [0.4, 0.5) is 4.79 Å². The first kappa shape index (κ1) is 32.0. The van der Waals surface area contributed by atoms with E-state index in [1.165, 1.54) is 5.56 Å². The molecule has 0 saturated carbocycles. The largest absolute Gasteiger partial charge is 0.497 e. The van der Waals surface area contributed by atoms with Crippen molar-refractivity contribution in [1.82, 2.24) is 20.4 Å². The predicted molar refractivity (Wildman–Crippen MR) is 173 cm³/mol. The summed E-state index contributed by atoms with van der Waals surface area (Å²) in [6, 6.07) is 27.0. The highest BCUT2D eigenvalue weighted by Gasteiger charge is 2.53. The van der Waals surface area contributed by atoms with E-state index in [0.717, 1.165) is 42.9 Å². The van der Waals surface area contributed by atoms with Crippen LogP contribution in [0.1, 0.15) is 48.8 Å². The maximum atomic E-state index is 14.1. The van der Waals surface area contributed by atoms with E-state index in [1.807, 2.05) is 65.6 Å². The Morgan fingerprint density at radius 3 is 2.31 bits per heavy atom. The van der Waals surface area contributed by atoms with Gasteiger partial charge in [-0.15, -0.1) is 0 Å². The number of alkyl carbamates (subject to hydrolysis) is 1. The highest BCUT2D eigenvalue weighted by molar-refractivity contribution is 6.00. The molecular weight excluding hydrogens is 568 g/mol. The van der Waals surface area contributed by atoms with Gasteiger partial charge in [0.05, 0.1) is 7.11 Å². The molecule has 9 heteroatoms. The summed E-state index contributed by atoms with van der Waals surface area (Å²) in [5.41, 5.74) is 2.27. The monoisotopic (exact) mass is 612 g/mol. The normalized spacial score (nSPS) is 18.0. The Labute approximate surface area is 265 Å². The number of likely N-dealkylation sites (tertiary alicyclic amines) is 1. The maximum absolute atomic E-state index is 14.1. The lowest BCUT2D eigenvalue weighted by Gasteiger charge is -2.51. The fraction of sp³-hybridized carbons (Fsp3) is 0.417. The van der Waals surface area contributed by atoms with Gasteiger partial charge in [0.25, 0.3) is 0 Å². The molecule has 9 nitrogen and oxygen atoms in total. The number of piperidine rings is 1. The van der Waals surface area contributed by atoms with Crippen molar-refractivity contribution >= 4 is 17.9 Å². The fourth-order valence-electron chi connectivity index (χ4n) is 6.27. The van der Waals surface area contributed by atoms with Crippen molar-refractivity contribution in [3.63, 3.8) is 0 Å². The van der Waals surface area contributed by atoms with E-state index in [-0.39, 0.29) is 18.4 Å². The average Bonchev–Trinajstić information content (AvgIpc) is 3.08. The lowest BCUT2D eigenvalue weighted by atomic mass is 9.81. The Balaban J connectivity index is 1.17. The third kappa shape index (κ3) is 8.42. The molecule has 2 fully saturated rings. The van der Waals surface area contributed by atoms with Crippen molar-refractivity contribution in [2.45, 2.75) is 63.3 Å². The highest BCUT2D eigenvalue weighted by atomic mass is 16.5. The Hall–Kier alpha value is -4.37. The van der Waals surface area contributed by atoms with Crippen LogP contribution >= 0.6 is 0 Å². The molecule has 0 aliphatic carbocycles. The van der Waals surface area contributed by atoms with Crippen molar-refractivity contribution < 1.29 is 23.9 Å². The van der Waals surface area contributed by atoms with Crippen LogP contribution in [0.25, 0.3) is 0 Å². The summed E-state index contributed by atoms with van der Waals surface area (Å²) in [6.07, 6.45) is 3.49. The van der Waals surface area contributed by atoms with Crippen LogP contribution in [0.15, 0.2) is 84.9 Å². The Morgan fingerprint density at radius 1 is 0.911 bits per heavy atom. The van der Waals surface area contributed by atoms with E-state index in [1.54, 1.807) is 7.11 Å². The van der Waals surface area contributed by atoms with E-state index in [0.29, 0.717) is 45.2 Å². The molecule has 2 heterocycles. The average molecular weight is 613 g/mol. The molecular formula is C36H44N4O5. The van der Waals surface area contributed by atoms with E-state index in [9.17, 15) is 14.4 Å². The van der Waals surface area contributed by atoms with E-state index < -0.39 is 17.7 Å². The van der Waals surface area contributed by atoms with E-state index in [2.05, 4.69) is 39.8 Å². The molecule has 2 N–H and O–H groups in total. The molecule has 1 atom stereocenters. The molecule has 238 valence electrons. The van der Waals surface area contributed by atoms with Crippen LogP contribution in [-0.4, -0.2) is 72.6 Å². The first-order valence-electron chi connectivity index (χ1n) is 15.9. The van der Waals surface area contributed by atoms with Crippen molar-refractivity contribution in [1.29, 1.82) is 0 Å². The molecule has 0 unspecified atom stereocenters. The number of carbonyl (C=O) groups excluding carboxylic acids is 3. The second kappa shape index (κ2) is 15.6. The van der Waals surface area contributed by atoms with E-state index in [4.69, 9.17) is 9.47 Å². The fourth-order valence-corrected chi connectivity index (χ4v) is 6.27. The van der Waals surface area contributed by atoms with Crippen molar-refractivity contribution in [3.8, 4) is 5.75 Å². The summed E-state index contributed by atoms with van der Waals surface area (Å²) >= 11 is 0. The number of hydrogen-bond acceptors (Lipinski definition) is 6. The maximum Gasteiger partial charge on any atom is 0.407 e. The molecule has 3 amide bonds. The third-order valence-electron chi connectivity index (χ3n) is 8.93. The Morgan fingerprint density at radius 2 is 1.60 bits per heavy atom. The molecule has 1 spiro atoms.